The molecule has 0 saturated carbocycles. The van der Waals surface area contributed by atoms with Crippen LogP contribution in [0.5, 0.6) is 0 Å². The number of nitrogens with one attached hydrogen (secondary N) is 3. The lowest BCUT2D eigenvalue weighted by atomic mass is 9.77. The third-order valence-electron chi connectivity index (χ3n) is 20.6. The second kappa shape index (κ2) is 57.2. The Balaban J connectivity index is -0.00000148. The number of β-lactam (4-membered cyclic amide) rings is 2. The molecule has 9 fully saturated rings. The highest BCUT2D eigenvalue weighted by Gasteiger charge is 2.66. The van der Waals surface area contributed by atoms with Crippen LogP contribution in [-0.4, -0.2) is 325 Å². The lowest BCUT2D eigenvalue weighted by Gasteiger charge is -2.56. The van der Waals surface area contributed by atoms with Crippen LogP contribution >= 0.6 is 45.4 Å². The minimum atomic E-state index is -1.67. The maximum atomic E-state index is 12.7. The molecule has 136 heavy (non-hydrogen) atoms. The zero-order valence-electron chi connectivity index (χ0n) is 84.5. The number of carbonyl (C=O) groups is 17. The number of carboxylic acid groups (broad SMARTS) is 1. The van der Waals surface area contributed by atoms with Crippen molar-refractivity contribution in [1.82, 2.24) is 45.3 Å². The lowest BCUT2D eigenvalue weighted by molar-refractivity contribution is -0.176. The summed E-state index contributed by atoms with van der Waals surface area (Å²) in [5.41, 5.74) is -2.57. The predicted molar refractivity (Wildman–Crippen MR) is 507 cm³/mol. The van der Waals surface area contributed by atoms with Gasteiger partial charge < -0.3 is 93.3 Å². The normalized spacial score (nSPS) is 23.0. The molecule has 9 aliphatic heterocycles. The smallest absolute Gasteiger partial charge is 0.480 e. The van der Waals surface area contributed by atoms with Crippen molar-refractivity contribution in [1.29, 1.82) is 0 Å². The molecule has 9 saturated heterocycles. The number of Topliss-reactive ketones (excluding diaryl/α,β-unsaturated/α-hetero) is 1. The number of nitrogens with zero attached hydrogens (tertiary/aromatic N) is 6. The van der Waals surface area contributed by atoms with Gasteiger partial charge in [0.15, 0.2) is 11.3 Å². The second-order valence-electron chi connectivity index (χ2n) is 39.2. The molecule has 0 radical (unpaired) electrons. The summed E-state index contributed by atoms with van der Waals surface area (Å²) in [6, 6.07) is -1.51. The molecule has 0 aromatic heterocycles. The van der Waals surface area contributed by atoms with E-state index in [2.05, 4.69) is 63.1 Å². The van der Waals surface area contributed by atoms with Gasteiger partial charge in [-0.1, -0.05) is 7.43 Å². The number of aliphatic carboxylic acids is 1. The topological polar surface area (TPSA) is 529 Å². The maximum Gasteiger partial charge on any atom is 0.519 e. The van der Waals surface area contributed by atoms with Gasteiger partial charge in [-0.25, -0.2) is 52.2 Å². The Morgan fingerprint density at radius 1 is 0.500 bits per heavy atom. The number of hydrogen-bond acceptors (Lipinski definition) is 34. The van der Waals surface area contributed by atoms with Crippen LogP contribution in [0.4, 0.5) is 33.6 Å². The molecule has 9 rings (SSSR count). The molecule has 7 amide bonds. The molecule has 788 valence electrons. The first-order valence-corrected chi connectivity index (χ1v) is 47.5. The molecule has 0 aliphatic carbocycles. The van der Waals surface area contributed by atoms with Crippen LogP contribution in [0.1, 0.15) is 284 Å². The van der Waals surface area contributed by atoms with Crippen molar-refractivity contribution in [2.75, 3.05) is 87.4 Å². The number of methoxy groups -OCH3 is 4. The molecule has 42 nitrogen and oxygen atoms in total. The average Bonchev–Trinajstić information content (AvgIpc) is 1.48. The van der Waals surface area contributed by atoms with Gasteiger partial charge in [0.25, 0.3) is 5.91 Å². The Morgan fingerprint density at radius 2 is 0.860 bits per heavy atom. The molecule has 9 heterocycles. The molecule has 10 atom stereocenters. The summed E-state index contributed by atoms with van der Waals surface area (Å²) in [5, 5.41) is 16.7. The van der Waals surface area contributed by atoms with E-state index in [1.807, 2.05) is 34.6 Å². The summed E-state index contributed by atoms with van der Waals surface area (Å²) >= 11 is 4.64. The fraction of sp³-hybridized carbons (Fsp3) is 0.809. The molecule has 0 aromatic carbocycles. The summed E-state index contributed by atoms with van der Waals surface area (Å²) in [6.07, 6.45) is 5.64. The lowest BCUT2D eigenvalue weighted by Crippen LogP contribution is -2.78. The average molecular weight is 2050 g/mol. The first kappa shape index (κ1) is 132. The Bertz CT molecular complexity index is 3950. The van der Waals surface area contributed by atoms with Crippen LogP contribution in [0.3, 0.4) is 0 Å². The summed E-state index contributed by atoms with van der Waals surface area (Å²) in [6.45, 7) is 51.1. The highest BCUT2D eigenvalue weighted by molar-refractivity contribution is 8.26. The van der Waals surface area contributed by atoms with Gasteiger partial charge in [0.05, 0.1) is 47.1 Å². The van der Waals surface area contributed by atoms with Crippen molar-refractivity contribution < 1.29 is 152 Å². The van der Waals surface area contributed by atoms with Crippen molar-refractivity contribution in [3.05, 3.63) is 0 Å². The van der Waals surface area contributed by atoms with Crippen molar-refractivity contribution in [3.8, 4) is 0 Å². The van der Waals surface area contributed by atoms with Crippen molar-refractivity contribution in [3.63, 3.8) is 0 Å². The molecular weight excluding hydrogens is 1890 g/mol. The standard InChI is InChI=1S/C16H26N2O5.C13H24N2O4.C13H21NO5.C12H20N2O3.C11H19NO4.C10H18O5.C6H11NO2.C5H9NO2.C2H3ClO.CH4.Cl2OS.ClH/c1-6-22-12(19)10-17-11(2)16(13(17)20)8-7-9-18(16)14(21)23-15(3,4)5;1-9(14)13(10(16)18-5)7-6-8-15(13)11(17)19-12(2,3)4;1-9(15)13(10(16)18-5)7-6-8-14(13)11(17)19-12(2,3)4;1-8-12(9(15)13-8)6-5-7-14(12)10(16)17-11(2,3)4;1-11(2,3)16-10(14)12-7-5-6-8(12)9(13)15-4;1-9(2,3)14-7(11)13-8(12)15-10(4,5)6;1-9-6(8)5-3-2-4-7-5;7-5(8)4-2-1-3-6-4;1-2(3)4;;1-4(2)3;/h11H,6-10H2,1-5H3;9H,6-8,14H2,1-5H3;6-8H2,1-5H3;8H,5-7H2,1-4H3,(H,13,15);8H,5-7H2,1-4H3;1-6H3;5,7H,2-4H2,1H3;4,6H,1-3H2,(H,7,8);1H3;1H4;;1H. The SMILES string of the molecule is C.CC(=O)Cl.CC(C)(C)OC(=O)OC(=O)OC(C)(C)C.CC1NC(=O)C12CCCN2C(=O)OC(C)(C)C.CCOC(=O)CN1C(=O)C2(CCCN2C(=O)OC(C)(C)C)C1C.COC(=O)C1(C(C)=O)CCCN1C(=O)OC(C)(C)C.COC(=O)C1(C(C)N)CCCN1C(=O)OC(C)(C)C.COC(=O)C1CCCN1.COC(=O)C1CCCN1C(=O)OC(C)(C)C.Cl.O=C(O)C1CCCN1.O=S(Cl)Cl. The van der Waals surface area contributed by atoms with Crippen LogP contribution < -0.4 is 21.7 Å². The van der Waals surface area contributed by atoms with Crippen LogP contribution in [0, 0.1) is 0 Å². The van der Waals surface area contributed by atoms with Gasteiger partial charge in [0.2, 0.25) is 25.9 Å². The number of nitrogens with two attached hydrogens (primary N) is 1. The maximum absolute atomic E-state index is 12.7. The quantitative estimate of drug-likeness (QED) is 0.0446. The first-order chi connectivity index (χ1) is 61.2. The van der Waals surface area contributed by atoms with E-state index in [9.17, 15) is 81.5 Å². The van der Waals surface area contributed by atoms with Crippen molar-refractivity contribution in [2.24, 2.45) is 5.73 Å². The Hall–Kier alpha value is -8.62. The minimum Gasteiger partial charge on any atom is -0.480 e. The monoisotopic (exact) mass is 2050 g/mol. The van der Waals surface area contributed by atoms with E-state index < -0.39 is 149 Å². The second-order valence-corrected chi connectivity index (χ2v) is 42.3. The number of rotatable bonds is 10. The largest absolute Gasteiger partial charge is 0.519 e. The fourth-order valence-electron chi connectivity index (χ4n) is 15.0. The summed E-state index contributed by atoms with van der Waals surface area (Å²) < 4.78 is 73.1. The summed E-state index contributed by atoms with van der Waals surface area (Å²) in [4.78, 5) is 205. The zero-order chi connectivity index (χ0) is 104. The molecule has 9 aliphatic rings. The number of ketones is 1. The number of halogens is 4. The van der Waals surface area contributed by atoms with Gasteiger partial charge >= 0.3 is 78.6 Å². The molecule has 0 bridgehead atoms. The van der Waals surface area contributed by atoms with E-state index in [1.54, 1.807) is 143 Å². The zero-order valence-corrected chi connectivity index (χ0v) is 88.4. The fourth-order valence-corrected chi connectivity index (χ4v) is 15.0. The first-order valence-electron chi connectivity index (χ1n) is 44.3. The Morgan fingerprint density at radius 3 is 1.20 bits per heavy atom. The number of ether oxygens (including phenoxy) is 13. The summed E-state index contributed by atoms with van der Waals surface area (Å²) in [5.74, 6) is -3.48. The molecule has 6 N–H and O–H groups in total. The van der Waals surface area contributed by atoms with Crippen molar-refractivity contribution >= 4 is 156 Å². The van der Waals surface area contributed by atoms with Crippen LogP contribution in [0.25, 0.3) is 0 Å². The van der Waals surface area contributed by atoms with Gasteiger partial charge in [-0.15, -0.1) is 12.4 Å². The third-order valence-corrected chi connectivity index (χ3v) is 20.6. The molecule has 2 spiro atoms. The molecular formula is C89H156Cl4N10O32S. The Labute approximate surface area is 824 Å². The van der Waals surface area contributed by atoms with Gasteiger partial charge in [-0.05, 0) is 295 Å². The van der Waals surface area contributed by atoms with E-state index >= 15 is 0 Å². The van der Waals surface area contributed by atoms with Crippen LogP contribution in [0.15, 0.2) is 0 Å². The highest BCUT2D eigenvalue weighted by atomic mass is 36.0. The van der Waals surface area contributed by atoms with Crippen LogP contribution in [-0.2, 0) is 119 Å². The van der Waals surface area contributed by atoms with E-state index in [-0.39, 0.29) is 98.7 Å². The van der Waals surface area contributed by atoms with Gasteiger partial charge in [-0.3, -0.25) is 58.1 Å². The van der Waals surface area contributed by atoms with E-state index in [1.165, 1.54) is 66.8 Å². The number of esters is 5. The minimum absolute atomic E-state index is 0. The number of amides is 7. The predicted octanol–water partition coefficient (Wildman–Crippen LogP) is 12.7. The van der Waals surface area contributed by atoms with E-state index in [0.29, 0.717) is 64.8 Å². The van der Waals surface area contributed by atoms with Gasteiger partial charge in [-0.2, -0.15) is 0 Å². The van der Waals surface area contributed by atoms with Gasteiger partial charge in [0.1, 0.15) is 75.0 Å². The summed E-state index contributed by atoms with van der Waals surface area (Å²) in [7, 11) is 12.6. The number of carbonyl (C=O) groups excluding carboxylic acids is 16. The number of hydrogen-bond donors (Lipinski definition) is 5. The molecule has 47 heteroatoms. The number of carboxylic acids is 1. The highest BCUT2D eigenvalue weighted by Crippen LogP contribution is 2.45. The van der Waals surface area contributed by atoms with E-state index in [0.717, 1.165) is 64.5 Å². The van der Waals surface area contributed by atoms with E-state index in [4.69, 9.17) is 62.4 Å². The van der Waals surface area contributed by atoms with Crippen LogP contribution in [0.2, 0.25) is 0 Å². The molecule has 10 unspecified atom stereocenters. The van der Waals surface area contributed by atoms with Crippen molar-refractivity contribution in [2.45, 2.75) is 382 Å². The van der Waals surface area contributed by atoms with Gasteiger partial charge in [0, 0.05) is 67.1 Å². The third kappa shape index (κ3) is 42.6. The Kier molecular flexibility index (Phi) is 55.3. The molecule has 0 aromatic rings. The number of likely N-dealkylation sites (tertiary alicyclic amines) is 6.